The summed E-state index contributed by atoms with van der Waals surface area (Å²) < 4.78 is 16.4. The van der Waals surface area contributed by atoms with Crippen LogP contribution in [0.4, 0.5) is 0 Å². The monoisotopic (exact) mass is 489 g/mol. The summed E-state index contributed by atoms with van der Waals surface area (Å²) in [6.45, 7) is 7.12. The number of nitrogens with zero attached hydrogens (tertiary/aromatic N) is 1. The van der Waals surface area contributed by atoms with Crippen molar-refractivity contribution < 1.29 is 14.2 Å². The van der Waals surface area contributed by atoms with Crippen molar-refractivity contribution in [3.8, 4) is 17.2 Å². The van der Waals surface area contributed by atoms with Gasteiger partial charge in [0.15, 0.2) is 17.5 Å². The molecule has 2 heterocycles. The molecular weight excluding hydrogens is 465 g/mol. The van der Waals surface area contributed by atoms with Crippen LogP contribution in [0.15, 0.2) is 34.6 Å². The Morgan fingerprint density at radius 2 is 2.08 bits per heavy atom. The number of hydrogen-bond acceptors (Lipinski definition) is 5. The Hall–Kier alpha value is -1.68. The van der Waals surface area contributed by atoms with Crippen molar-refractivity contribution in [2.45, 2.75) is 20.4 Å². The number of fused-ring (bicyclic) bond motifs is 1. The lowest BCUT2D eigenvalue weighted by Gasteiger charge is -2.12. The van der Waals surface area contributed by atoms with Gasteiger partial charge in [0.05, 0.1) is 13.1 Å². The smallest absolute Gasteiger partial charge is 0.231 e. The third-order valence-electron chi connectivity index (χ3n) is 3.70. The average molecular weight is 489 g/mol. The van der Waals surface area contributed by atoms with Crippen LogP contribution in [0, 0.1) is 6.92 Å². The van der Waals surface area contributed by atoms with E-state index in [0.29, 0.717) is 19.7 Å². The maximum absolute atomic E-state index is 5.75. The Morgan fingerprint density at radius 1 is 1.23 bits per heavy atom. The third kappa shape index (κ3) is 5.66. The predicted octanol–water partition coefficient (Wildman–Crippen LogP) is 3.54. The number of benzene rings is 1. The van der Waals surface area contributed by atoms with Gasteiger partial charge in [0, 0.05) is 17.5 Å². The first kappa shape index (κ1) is 20.6. The summed E-state index contributed by atoms with van der Waals surface area (Å²) in [5, 5.41) is 8.63. The lowest BCUT2D eigenvalue weighted by atomic mass is 10.3. The minimum atomic E-state index is 0. The molecule has 8 heteroatoms. The largest absolute Gasteiger partial charge is 0.492 e. The minimum Gasteiger partial charge on any atom is -0.492 e. The SMILES string of the molecule is CCNC(=NCc1sccc1C)NCCOc1ccc2c(c1)OCO2.I. The number of aliphatic imine (C=N–C) groups is 1. The van der Waals surface area contributed by atoms with Crippen molar-refractivity contribution >= 4 is 41.3 Å². The summed E-state index contributed by atoms with van der Waals surface area (Å²) in [7, 11) is 0. The van der Waals surface area contributed by atoms with Crippen molar-refractivity contribution in [3.05, 3.63) is 40.1 Å². The van der Waals surface area contributed by atoms with Crippen LogP contribution >= 0.6 is 35.3 Å². The van der Waals surface area contributed by atoms with Gasteiger partial charge < -0.3 is 24.8 Å². The molecule has 0 spiro atoms. The van der Waals surface area contributed by atoms with Crippen LogP contribution in [0.3, 0.4) is 0 Å². The highest BCUT2D eigenvalue weighted by Gasteiger charge is 2.13. The van der Waals surface area contributed by atoms with Crippen LogP contribution in [0.2, 0.25) is 0 Å². The number of hydrogen-bond donors (Lipinski definition) is 2. The number of ether oxygens (including phenoxy) is 3. The lowest BCUT2D eigenvalue weighted by molar-refractivity contribution is 0.173. The Balaban J connectivity index is 0.00000243. The number of rotatable bonds is 7. The molecule has 1 aromatic carbocycles. The van der Waals surface area contributed by atoms with Gasteiger partial charge in [-0.2, -0.15) is 0 Å². The van der Waals surface area contributed by atoms with E-state index in [-0.39, 0.29) is 30.8 Å². The van der Waals surface area contributed by atoms with Gasteiger partial charge in [-0.3, -0.25) is 0 Å². The van der Waals surface area contributed by atoms with E-state index in [9.17, 15) is 0 Å². The fourth-order valence-electron chi connectivity index (χ4n) is 2.36. The molecule has 2 aromatic rings. The van der Waals surface area contributed by atoms with E-state index in [1.807, 2.05) is 18.2 Å². The van der Waals surface area contributed by atoms with Gasteiger partial charge in [0.1, 0.15) is 12.4 Å². The molecule has 0 radical (unpaired) electrons. The Labute approximate surface area is 175 Å². The quantitative estimate of drug-likeness (QED) is 0.270. The van der Waals surface area contributed by atoms with E-state index >= 15 is 0 Å². The summed E-state index contributed by atoms with van der Waals surface area (Å²) in [5.74, 6) is 3.05. The molecule has 0 aliphatic carbocycles. The molecule has 1 aliphatic rings. The van der Waals surface area contributed by atoms with Crippen LogP contribution in [0.1, 0.15) is 17.4 Å². The Kier molecular flexibility index (Phi) is 8.30. The second kappa shape index (κ2) is 10.5. The first-order valence-corrected chi connectivity index (χ1v) is 9.22. The number of thiophene rings is 1. The molecule has 0 unspecified atom stereocenters. The fraction of sp³-hybridized carbons (Fsp3) is 0.389. The zero-order valence-electron chi connectivity index (χ0n) is 14.9. The van der Waals surface area contributed by atoms with Gasteiger partial charge in [-0.25, -0.2) is 4.99 Å². The first-order valence-electron chi connectivity index (χ1n) is 8.34. The third-order valence-corrected chi connectivity index (χ3v) is 4.71. The number of guanidine groups is 1. The lowest BCUT2D eigenvalue weighted by Crippen LogP contribution is -2.39. The molecule has 142 valence electrons. The van der Waals surface area contributed by atoms with Crippen molar-refractivity contribution in [3.63, 3.8) is 0 Å². The molecule has 26 heavy (non-hydrogen) atoms. The van der Waals surface area contributed by atoms with Crippen LogP contribution in [-0.4, -0.2) is 32.4 Å². The van der Waals surface area contributed by atoms with Crippen molar-refractivity contribution in [1.82, 2.24) is 10.6 Å². The van der Waals surface area contributed by atoms with Crippen LogP contribution in [0.5, 0.6) is 17.2 Å². The summed E-state index contributed by atoms with van der Waals surface area (Å²) in [4.78, 5) is 5.91. The molecule has 0 bridgehead atoms. The van der Waals surface area contributed by atoms with Crippen LogP contribution < -0.4 is 24.8 Å². The molecule has 6 nitrogen and oxygen atoms in total. The molecule has 3 rings (SSSR count). The van der Waals surface area contributed by atoms with Gasteiger partial charge in [-0.15, -0.1) is 35.3 Å². The number of halogens is 1. The number of nitrogens with one attached hydrogen (secondary N) is 2. The highest BCUT2D eigenvalue weighted by Crippen LogP contribution is 2.34. The van der Waals surface area contributed by atoms with E-state index in [2.05, 4.69) is 40.9 Å². The van der Waals surface area contributed by atoms with Crippen molar-refractivity contribution in [1.29, 1.82) is 0 Å². The van der Waals surface area contributed by atoms with Gasteiger partial charge in [0.2, 0.25) is 6.79 Å². The Bertz CT molecular complexity index is 736. The van der Waals surface area contributed by atoms with Gasteiger partial charge in [-0.05, 0) is 43.0 Å². The molecule has 1 aliphatic heterocycles. The summed E-state index contributed by atoms with van der Waals surface area (Å²) in [5.41, 5.74) is 1.29. The summed E-state index contributed by atoms with van der Waals surface area (Å²) in [6.07, 6.45) is 0. The highest BCUT2D eigenvalue weighted by molar-refractivity contribution is 14.0. The maximum Gasteiger partial charge on any atom is 0.231 e. The highest BCUT2D eigenvalue weighted by atomic mass is 127. The first-order chi connectivity index (χ1) is 12.3. The predicted molar refractivity (Wildman–Crippen MR) is 115 cm³/mol. The Morgan fingerprint density at radius 3 is 2.85 bits per heavy atom. The average Bonchev–Trinajstić information content (AvgIpc) is 3.24. The molecular formula is C18H24IN3O3S. The molecule has 0 saturated carbocycles. The molecule has 0 fully saturated rings. The van der Waals surface area contributed by atoms with Crippen molar-refractivity contribution in [2.75, 3.05) is 26.5 Å². The van der Waals surface area contributed by atoms with E-state index in [4.69, 9.17) is 14.2 Å². The topological polar surface area (TPSA) is 64.1 Å². The second-order valence-electron chi connectivity index (χ2n) is 5.51. The second-order valence-corrected chi connectivity index (χ2v) is 6.51. The van der Waals surface area contributed by atoms with Gasteiger partial charge in [-0.1, -0.05) is 0 Å². The molecule has 0 saturated heterocycles. The van der Waals surface area contributed by atoms with Crippen LogP contribution in [0.25, 0.3) is 0 Å². The summed E-state index contributed by atoms with van der Waals surface area (Å²) >= 11 is 1.74. The molecule has 0 amide bonds. The minimum absolute atomic E-state index is 0. The standard InChI is InChI=1S/C18H23N3O3S.HI/c1-3-19-18(21-11-17-13(2)6-9-25-17)20-7-8-22-14-4-5-15-16(10-14)24-12-23-15;/h4-6,9-10H,3,7-8,11-12H2,1-2H3,(H2,19,20,21);1H. The normalized spacial score (nSPS) is 12.5. The zero-order chi connectivity index (χ0) is 17.5. The van der Waals surface area contributed by atoms with Gasteiger partial charge >= 0.3 is 0 Å². The summed E-state index contributed by atoms with van der Waals surface area (Å²) in [6, 6.07) is 7.71. The van der Waals surface area contributed by atoms with Crippen LogP contribution in [-0.2, 0) is 6.54 Å². The zero-order valence-corrected chi connectivity index (χ0v) is 18.1. The maximum atomic E-state index is 5.75. The molecule has 0 atom stereocenters. The molecule has 2 N–H and O–H groups in total. The van der Waals surface area contributed by atoms with Gasteiger partial charge in [0.25, 0.3) is 0 Å². The molecule has 1 aromatic heterocycles. The van der Waals surface area contributed by atoms with E-state index in [1.54, 1.807) is 11.3 Å². The fourth-order valence-corrected chi connectivity index (χ4v) is 3.19. The van der Waals surface area contributed by atoms with E-state index in [1.165, 1.54) is 10.4 Å². The van der Waals surface area contributed by atoms with E-state index in [0.717, 1.165) is 29.8 Å². The number of aryl methyl sites for hydroxylation is 1. The van der Waals surface area contributed by atoms with E-state index < -0.39 is 0 Å². The van der Waals surface area contributed by atoms with Crippen molar-refractivity contribution in [2.24, 2.45) is 4.99 Å².